The van der Waals surface area contributed by atoms with Gasteiger partial charge in [-0.25, -0.2) is 18.2 Å². The number of sulfonamides is 1. The second-order valence-electron chi connectivity index (χ2n) is 5.46. The molecule has 0 aliphatic heterocycles. The zero-order valence-electron chi connectivity index (χ0n) is 14.6. The fraction of sp³-hybridized carbons (Fsp3) is 0.188. The third-order valence-corrected chi connectivity index (χ3v) is 4.93. The van der Waals surface area contributed by atoms with Crippen molar-refractivity contribution in [3.8, 4) is 17.8 Å². The first kappa shape index (κ1) is 20.2. The summed E-state index contributed by atoms with van der Waals surface area (Å²) in [6, 6.07) is 5.51. The molecule has 9 nitrogen and oxygen atoms in total. The summed E-state index contributed by atoms with van der Waals surface area (Å²) in [6.45, 7) is -1.10. The predicted molar refractivity (Wildman–Crippen MR) is 93.0 cm³/mol. The molecule has 0 aromatic carbocycles. The third-order valence-electron chi connectivity index (χ3n) is 3.59. The number of anilines is 1. The van der Waals surface area contributed by atoms with Crippen LogP contribution in [0.4, 0.5) is 18.9 Å². The smallest absolute Gasteiger partial charge is 0.279 e. The van der Waals surface area contributed by atoms with Crippen LogP contribution in [-0.4, -0.2) is 42.9 Å². The molecule has 0 atom stereocenters. The number of ether oxygens (including phenoxy) is 2. The lowest BCUT2D eigenvalue weighted by molar-refractivity contribution is 0.0770. The van der Waals surface area contributed by atoms with E-state index in [1.54, 1.807) is 0 Å². The molecule has 3 aromatic rings. The van der Waals surface area contributed by atoms with Crippen LogP contribution in [0.5, 0.6) is 11.8 Å². The summed E-state index contributed by atoms with van der Waals surface area (Å²) in [4.78, 5) is 7.49. The maximum absolute atomic E-state index is 14.1. The van der Waals surface area contributed by atoms with Gasteiger partial charge in [0.25, 0.3) is 22.3 Å². The maximum Gasteiger partial charge on any atom is 0.279 e. The normalized spacial score (nSPS) is 11.4. The fourth-order valence-electron chi connectivity index (χ4n) is 2.40. The summed E-state index contributed by atoms with van der Waals surface area (Å²) in [6.07, 6.45) is -0.446. The molecule has 0 aliphatic carbocycles. The van der Waals surface area contributed by atoms with E-state index in [1.165, 1.54) is 18.3 Å². The molecule has 1 N–H and O–H groups in total. The molecule has 0 amide bonds. The molecule has 0 saturated carbocycles. The van der Waals surface area contributed by atoms with Gasteiger partial charge in [-0.1, -0.05) is 0 Å². The second-order valence-corrected chi connectivity index (χ2v) is 7.09. The summed E-state index contributed by atoms with van der Waals surface area (Å²) < 4.78 is 76.8. The Kier molecular flexibility index (Phi) is 5.46. The zero-order chi connectivity index (χ0) is 21.2. The number of imidazole rings is 1. The van der Waals surface area contributed by atoms with Gasteiger partial charge < -0.3 is 9.47 Å². The molecule has 3 heterocycles. The molecule has 0 unspecified atom stereocenters. The van der Waals surface area contributed by atoms with Crippen LogP contribution in [0.3, 0.4) is 0 Å². The Morgan fingerprint density at radius 1 is 1.38 bits per heavy atom. The Hall–Kier alpha value is -3.53. The zero-order valence-corrected chi connectivity index (χ0v) is 15.5. The van der Waals surface area contributed by atoms with Gasteiger partial charge in [-0.15, -0.1) is 0 Å². The van der Waals surface area contributed by atoms with Crippen molar-refractivity contribution in [2.24, 2.45) is 0 Å². The molecular weight excluding hydrogens is 415 g/mol. The number of hydrogen-bond acceptors (Lipinski definition) is 7. The number of methoxy groups -OCH3 is 1. The molecule has 13 heteroatoms. The summed E-state index contributed by atoms with van der Waals surface area (Å²) >= 11 is 0. The lowest BCUT2D eigenvalue weighted by atomic mass is 10.3. The standard InChI is InChI=1S/C16H12F3N5O4S/c1-27-16-11(5-10(17)15(22-16)28-8-12(18)19)23-29(25,26)13-7-21-14-9(6-20)3-2-4-24(13)14/h2-5,7,12,23H,8H2,1H3. The van der Waals surface area contributed by atoms with Crippen molar-refractivity contribution in [1.82, 2.24) is 14.4 Å². The average Bonchev–Trinajstić information content (AvgIpc) is 3.12. The van der Waals surface area contributed by atoms with Gasteiger partial charge in [-0.3, -0.25) is 9.12 Å². The van der Waals surface area contributed by atoms with Crippen LogP contribution in [-0.2, 0) is 10.0 Å². The number of nitrogens with zero attached hydrogens (tertiary/aromatic N) is 4. The van der Waals surface area contributed by atoms with Crippen LogP contribution >= 0.6 is 0 Å². The number of halogens is 3. The minimum atomic E-state index is -4.32. The van der Waals surface area contributed by atoms with Crippen molar-refractivity contribution in [2.75, 3.05) is 18.4 Å². The Labute approximate surface area is 162 Å². The molecule has 3 rings (SSSR count). The number of nitriles is 1. The van der Waals surface area contributed by atoms with Crippen molar-refractivity contribution in [3.05, 3.63) is 42.0 Å². The highest BCUT2D eigenvalue weighted by molar-refractivity contribution is 7.92. The van der Waals surface area contributed by atoms with E-state index in [0.29, 0.717) is 6.07 Å². The fourth-order valence-corrected chi connectivity index (χ4v) is 3.54. The molecule has 0 saturated heterocycles. The van der Waals surface area contributed by atoms with Crippen LogP contribution in [0.15, 0.2) is 35.6 Å². The van der Waals surface area contributed by atoms with E-state index in [9.17, 15) is 21.6 Å². The van der Waals surface area contributed by atoms with Gasteiger partial charge in [0.05, 0.1) is 18.9 Å². The monoisotopic (exact) mass is 427 g/mol. The van der Waals surface area contributed by atoms with Gasteiger partial charge in [0.2, 0.25) is 5.88 Å². The first-order chi connectivity index (χ1) is 13.8. The molecule has 0 bridgehead atoms. The van der Waals surface area contributed by atoms with Crippen molar-refractivity contribution < 1.29 is 31.1 Å². The second kappa shape index (κ2) is 7.84. The number of fused-ring (bicyclic) bond motifs is 1. The molecule has 0 aliphatic rings. The van der Waals surface area contributed by atoms with E-state index < -0.39 is 40.6 Å². The SMILES string of the molecule is COc1nc(OCC(F)F)c(F)cc1NS(=O)(=O)c1cnc2c(C#N)cccn12. The van der Waals surface area contributed by atoms with Crippen molar-refractivity contribution >= 4 is 21.4 Å². The largest absolute Gasteiger partial charge is 0.479 e. The van der Waals surface area contributed by atoms with Gasteiger partial charge in [0.15, 0.2) is 23.1 Å². The molecule has 0 radical (unpaired) electrons. The topological polar surface area (TPSA) is 119 Å². The van der Waals surface area contributed by atoms with E-state index in [0.717, 1.165) is 17.7 Å². The quantitative estimate of drug-likeness (QED) is 0.614. The van der Waals surface area contributed by atoms with E-state index in [-0.39, 0.29) is 21.9 Å². The van der Waals surface area contributed by atoms with Crippen LogP contribution in [0, 0.1) is 17.1 Å². The third kappa shape index (κ3) is 4.02. The number of rotatable bonds is 7. The molecule has 3 aromatic heterocycles. The first-order valence-corrected chi connectivity index (χ1v) is 9.29. The summed E-state index contributed by atoms with van der Waals surface area (Å²) in [5, 5.41) is 8.76. The number of pyridine rings is 2. The predicted octanol–water partition coefficient (Wildman–Crippen LogP) is 2.19. The lowest BCUT2D eigenvalue weighted by Gasteiger charge is -2.13. The maximum atomic E-state index is 14.1. The van der Waals surface area contributed by atoms with E-state index >= 15 is 0 Å². The van der Waals surface area contributed by atoms with Gasteiger partial charge in [0, 0.05) is 12.3 Å². The minimum absolute atomic E-state index is 0.113. The van der Waals surface area contributed by atoms with Crippen molar-refractivity contribution in [3.63, 3.8) is 0 Å². The lowest BCUT2D eigenvalue weighted by Crippen LogP contribution is -2.17. The average molecular weight is 427 g/mol. The highest BCUT2D eigenvalue weighted by Crippen LogP contribution is 2.30. The number of hydrogen-bond donors (Lipinski definition) is 1. The van der Waals surface area contributed by atoms with E-state index in [2.05, 4.69) is 19.4 Å². The number of nitrogens with one attached hydrogen (secondary N) is 1. The Morgan fingerprint density at radius 3 is 2.79 bits per heavy atom. The van der Waals surface area contributed by atoms with Crippen LogP contribution in [0.25, 0.3) is 5.65 Å². The Bertz CT molecular complexity index is 1210. The molecule has 152 valence electrons. The van der Waals surface area contributed by atoms with Crippen molar-refractivity contribution in [2.45, 2.75) is 11.5 Å². The number of alkyl halides is 2. The summed E-state index contributed by atoms with van der Waals surface area (Å²) in [5.41, 5.74) is -0.122. The van der Waals surface area contributed by atoms with E-state index in [4.69, 9.17) is 10.00 Å². The summed E-state index contributed by atoms with van der Waals surface area (Å²) in [5.74, 6) is -2.33. The van der Waals surface area contributed by atoms with Gasteiger partial charge >= 0.3 is 0 Å². The van der Waals surface area contributed by atoms with Gasteiger partial charge in [-0.2, -0.15) is 18.7 Å². The molecule has 0 spiro atoms. The highest BCUT2D eigenvalue weighted by atomic mass is 32.2. The van der Waals surface area contributed by atoms with Gasteiger partial charge in [-0.05, 0) is 12.1 Å². The molecular formula is C16H12F3N5O4S. The number of aromatic nitrogens is 3. The Balaban J connectivity index is 1.99. The van der Waals surface area contributed by atoms with Gasteiger partial charge in [0.1, 0.15) is 11.8 Å². The minimum Gasteiger partial charge on any atom is -0.479 e. The first-order valence-electron chi connectivity index (χ1n) is 7.81. The van der Waals surface area contributed by atoms with Crippen LogP contribution in [0.2, 0.25) is 0 Å². The molecule has 0 fully saturated rings. The van der Waals surface area contributed by atoms with Crippen molar-refractivity contribution in [1.29, 1.82) is 5.26 Å². The van der Waals surface area contributed by atoms with Crippen LogP contribution in [0.1, 0.15) is 5.56 Å². The summed E-state index contributed by atoms with van der Waals surface area (Å²) in [7, 11) is -3.19. The van der Waals surface area contributed by atoms with E-state index in [1.807, 2.05) is 6.07 Å². The highest BCUT2D eigenvalue weighted by Gasteiger charge is 2.24. The molecule has 29 heavy (non-hydrogen) atoms. The van der Waals surface area contributed by atoms with Crippen LogP contribution < -0.4 is 14.2 Å². The Morgan fingerprint density at radius 2 is 2.14 bits per heavy atom.